The van der Waals surface area contributed by atoms with Gasteiger partial charge in [-0.15, -0.1) is 0 Å². The molecule has 0 aliphatic carbocycles. The van der Waals surface area contributed by atoms with Crippen molar-refractivity contribution in [2.24, 2.45) is 0 Å². The zero-order chi connectivity index (χ0) is 13.1. The third kappa shape index (κ3) is 2.74. The Kier molecular flexibility index (Phi) is 3.73. The molecule has 2 rings (SSSR count). The number of benzene rings is 1. The number of nitriles is 1. The van der Waals surface area contributed by atoms with Crippen LogP contribution in [0.3, 0.4) is 0 Å². The first-order valence-corrected chi connectivity index (χ1v) is 6.18. The van der Waals surface area contributed by atoms with Crippen molar-refractivity contribution < 1.29 is 4.79 Å². The predicted octanol–water partition coefficient (Wildman–Crippen LogP) is 2.24. The van der Waals surface area contributed by atoms with E-state index in [1.807, 2.05) is 6.07 Å². The van der Waals surface area contributed by atoms with Crippen LogP contribution < -0.4 is 5.32 Å². The Morgan fingerprint density at radius 3 is 2.94 bits per heavy atom. The number of anilines is 1. The van der Waals surface area contributed by atoms with Gasteiger partial charge in [0.1, 0.15) is 0 Å². The van der Waals surface area contributed by atoms with Gasteiger partial charge in [-0.1, -0.05) is 11.6 Å². The first-order valence-electron chi connectivity index (χ1n) is 5.80. The lowest BCUT2D eigenvalue weighted by Gasteiger charge is -2.31. The summed E-state index contributed by atoms with van der Waals surface area (Å²) < 4.78 is 0. The standard InChI is InChI=1S/C13H14ClN3O/c1-17-8-10(3-5-13(17)18)16-12-4-2-9(7-15)6-11(12)14/h2,4,6,10,16H,3,5,8H2,1H3. The molecule has 94 valence electrons. The van der Waals surface area contributed by atoms with Crippen molar-refractivity contribution in [2.75, 3.05) is 18.9 Å². The third-order valence-corrected chi connectivity index (χ3v) is 3.40. The smallest absolute Gasteiger partial charge is 0.222 e. The summed E-state index contributed by atoms with van der Waals surface area (Å²) in [6.07, 6.45) is 1.36. The maximum Gasteiger partial charge on any atom is 0.222 e. The maximum atomic E-state index is 11.4. The SMILES string of the molecule is CN1CC(Nc2ccc(C#N)cc2Cl)CCC1=O. The van der Waals surface area contributed by atoms with Gasteiger partial charge >= 0.3 is 0 Å². The van der Waals surface area contributed by atoms with Crippen LogP contribution in [0.15, 0.2) is 18.2 Å². The number of likely N-dealkylation sites (N-methyl/N-ethyl adjacent to an activating group) is 1. The number of hydrogen-bond acceptors (Lipinski definition) is 3. The van der Waals surface area contributed by atoms with Crippen LogP contribution in [0.2, 0.25) is 5.02 Å². The van der Waals surface area contributed by atoms with E-state index in [4.69, 9.17) is 16.9 Å². The highest BCUT2D eigenvalue weighted by atomic mass is 35.5. The molecule has 0 radical (unpaired) electrons. The van der Waals surface area contributed by atoms with Crippen molar-refractivity contribution in [3.8, 4) is 6.07 Å². The normalized spacial score (nSPS) is 19.5. The lowest BCUT2D eigenvalue weighted by molar-refractivity contribution is -0.132. The number of carbonyl (C=O) groups excluding carboxylic acids is 1. The number of hydrogen-bond donors (Lipinski definition) is 1. The summed E-state index contributed by atoms with van der Waals surface area (Å²) in [6.45, 7) is 0.676. The number of halogens is 1. The molecular weight excluding hydrogens is 250 g/mol. The van der Waals surface area contributed by atoms with Crippen molar-refractivity contribution in [3.05, 3.63) is 28.8 Å². The zero-order valence-corrected chi connectivity index (χ0v) is 10.9. The number of carbonyl (C=O) groups is 1. The first kappa shape index (κ1) is 12.7. The van der Waals surface area contributed by atoms with E-state index >= 15 is 0 Å². The lowest BCUT2D eigenvalue weighted by Crippen LogP contribution is -2.43. The summed E-state index contributed by atoms with van der Waals surface area (Å²) in [5.41, 5.74) is 1.35. The number of nitrogens with zero attached hydrogens (tertiary/aromatic N) is 2. The third-order valence-electron chi connectivity index (χ3n) is 3.08. The molecule has 1 heterocycles. The van der Waals surface area contributed by atoms with Gasteiger partial charge in [-0.25, -0.2) is 0 Å². The zero-order valence-electron chi connectivity index (χ0n) is 10.1. The molecule has 18 heavy (non-hydrogen) atoms. The van der Waals surface area contributed by atoms with Crippen LogP contribution in [0, 0.1) is 11.3 Å². The highest BCUT2D eigenvalue weighted by Gasteiger charge is 2.22. The summed E-state index contributed by atoms with van der Waals surface area (Å²) >= 11 is 6.10. The first-order chi connectivity index (χ1) is 8.60. The fraction of sp³-hybridized carbons (Fsp3) is 0.385. The minimum atomic E-state index is 0.180. The van der Waals surface area contributed by atoms with Crippen LogP contribution >= 0.6 is 11.6 Å². The van der Waals surface area contributed by atoms with Crippen molar-refractivity contribution >= 4 is 23.2 Å². The topological polar surface area (TPSA) is 56.1 Å². The average Bonchev–Trinajstić information content (AvgIpc) is 2.36. The summed E-state index contributed by atoms with van der Waals surface area (Å²) in [4.78, 5) is 13.1. The Balaban J connectivity index is 2.06. The van der Waals surface area contributed by atoms with E-state index in [1.54, 1.807) is 30.1 Å². The van der Waals surface area contributed by atoms with Gasteiger partial charge < -0.3 is 10.2 Å². The predicted molar refractivity (Wildman–Crippen MR) is 70.4 cm³/mol. The molecule has 1 aromatic carbocycles. The highest BCUT2D eigenvalue weighted by molar-refractivity contribution is 6.33. The molecule has 0 aromatic heterocycles. The molecule has 1 unspecified atom stereocenters. The fourth-order valence-electron chi connectivity index (χ4n) is 2.05. The number of nitrogens with one attached hydrogen (secondary N) is 1. The molecule has 1 amide bonds. The Labute approximate surface area is 111 Å². The van der Waals surface area contributed by atoms with Gasteiger partial charge in [-0.3, -0.25) is 4.79 Å². The molecule has 5 heteroatoms. The fourth-order valence-corrected chi connectivity index (χ4v) is 2.29. The van der Waals surface area contributed by atoms with E-state index in [0.29, 0.717) is 23.6 Å². The molecule has 1 atom stereocenters. The second-order valence-corrected chi connectivity index (χ2v) is 4.87. The van der Waals surface area contributed by atoms with Gasteiger partial charge in [0.05, 0.1) is 22.3 Å². The number of amides is 1. The van der Waals surface area contributed by atoms with Crippen LogP contribution in [0.5, 0.6) is 0 Å². The van der Waals surface area contributed by atoms with Crippen molar-refractivity contribution in [1.82, 2.24) is 4.90 Å². The number of piperidine rings is 1. The summed E-state index contributed by atoms with van der Waals surface area (Å²) in [5.74, 6) is 0.180. The summed E-state index contributed by atoms with van der Waals surface area (Å²) in [7, 11) is 1.80. The van der Waals surface area contributed by atoms with Gasteiger partial charge in [-0.05, 0) is 24.6 Å². The molecule has 1 N–H and O–H groups in total. The van der Waals surface area contributed by atoms with Crippen molar-refractivity contribution in [1.29, 1.82) is 5.26 Å². The van der Waals surface area contributed by atoms with Gasteiger partial charge in [0.15, 0.2) is 0 Å². The van der Waals surface area contributed by atoms with Crippen LogP contribution in [0.25, 0.3) is 0 Å². The Hall–Kier alpha value is -1.73. The molecule has 0 spiro atoms. The van der Waals surface area contributed by atoms with Crippen LogP contribution in [-0.4, -0.2) is 30.4 Å². The van der Waals surface area contributed by atoms with Gasteiger partial charge in [0.2, 0.25) is 5.91 Å². The molecule has 1 fully saturated rings. The van der Waals surface area contributed by atoms with Crippen molar-refractivity contribution in [2.45, 2.75) is 18.9 Å². The quantitative estimate of drug-likeness (QED) is 0.890. The van der Waals surface area contributed by atoms with Gasteiger partial charge in [0, 0.05) is 26.1 Å². The van der Waals surface area contributed by atoms with Gasteiger partial charge in [-0.2, -0.15) is 5.26 Å². The van der Waals surface area contributed by atoms with E-state index < -0.39 is 0 Å². The monoisotopic (exact) mass is 263 g/mol. The van der Waals surface area contributed by atoms with Crippen LogP contribution in [0.4, 0.5) is 5.69 Å². The van der Waals surface area contributed by atoms with E-state index in [9.17, 15) is 4.79 Å². The van der Waals surface area contributed by atoms with E-state index in [-0.39, 0.29) is 11.9 Å². The van der Waals surface area contributed by atoms with E-state index in [0.717, 1.165) is 12.1 Å². The minimum Gasteiger partial charge on any atom is -0.379 e. The van der Waals surface area contributed by atoms with Crippen LogP contribution in [-0.2, 0) is 4.79 Å². The second kappa shape index (κ2) is 5.28. The second-order valence-electron chi connectivity index (χ2n) is 4.46. The summed E-state index contributed by atoms with van der Waals surface area (Å²) in [6, 6.07) is 7.42. The van der Waals surface area contributed by atoms with E-state index in [2.05, 4.69) is 5.32 Å². The van der Waals surface area contributed by atoms with E-state index in [1.165, 1.54) is 0 Å². The highest BCUT2D eigenvalue weighted by Crippen LogP contribution is 2.25. The summed E-state index contributed by atoms with van der Waals surface area (Å²) in [5, 5.41) is 12.6. The molecule has 1 saturated heterocycles. The molecule has 0 bridgehead atoms. The molecule has 1 aromatic rings. The molecule has 0 saturated carbocycles. The Morgan fingerprint density at radius 2 is 2.33 bits per heavy atom. The lowest BCUT2D eigenvalue weighted by atomic mass is 10.1. The van der Waals surface area contributed by atoms with Crippen LogP contribution in [0.1, 0.15) is 18.4 Å². The molecule has 4 nitrogen and oxygen atoms in total. The Morgan fingerprint density at radius 1 is 1.56 bits per heavy atom. The molecular formula is C13H14ClN3O. The Bertz CT molecular complexity index is 509. The molecule has 1 aliphatic heterocycles. The largest absolute Gasteiger partial charge is 0.379 e. The minimum absolute atomic E-state index is 0.180. The molecule has 1 aliphatic rings. The van der Waals surface area contributed by atoms with Gasteiger partial charge in [0.25, 0.3) is 0 Å². The number of likely N-dealkylation sites (tertiary alicyclic amines) is 1. The number of rotatable bonds is 2. The van der Waals surface area contributed by atoms with Crippen molar-refractivity contribution in [3.63, 3.8) is 0 Å². The average molecular weight is 264 g/mol. The maximum absolute atomic E-state index is 11.4.